The first-order valence-electron chi connectivity index (χ1n) is 14.2. The van der Waals surface area contributed by atoms with Gasteiger partial charge in [0.25, 0.3) is 0 Å². The number of benzene rings is 1. The van der Waals surface area contributed by atoms with Crippen molar-refractivity contribution in [3.63, 3.8) is 0 Å². The first kappa shape index (κ1) is 26.9. The van der Waals surface area contributed by atoms with Crippen molar-refractivity contribution in [3.8, 4) is 0 Å². The minimum absolute atomic E-state index is 0.250. The van der Waals surface area contributed by atoms with E-state index >= 15 is 0 Å². The van der Waals surface area contributed by atoms with Crippen molar-refractivity contribution in [1.82, 2.24) is 9.78 Å². The Morgan fingerprint density at radius 1 is 1.08 bits per heavy atom. The molecule has 0 amide bonds. The Bertz CT molecular complexity index is 1140. The molecule has 1 N–H and O–H groups in total. The molecule has 0 radical (unpaired) electrons. The summed E-state index contributed by atoms with van der Waals surface area (Å²) < 4.78 is 2.15. The van der Waals surface area contributed by atoms with E-state index < -0.39 is 0 Å². The molecule has 0 bridgehead atoms. The van der Waals surface area contributed by atoms with Crippen LogP contribution in [0.5, 0.6) is 0 Å². The topological polar surface area (TPSA) is 50.4 Å². The van der Waals surface area contributed by atoms with Gasteiger partial charge in [0.1, 0.15) is 0 Å². The van der Waals surface area contributed by atoms with Crippen LogP contribution in [0.4, 0.5) is 0 Å². The zero-order valence-corrected chi connectivity index (χ0v) is 23.4. The smallest absolute Gasteiger partial charge is 0.0929 e. The second kappa shape index (κ2) is 11.0. The van der Waals surface area contributed by atoms with E-state index in [0.717, 1.165) is 23.3 Å². The molecule has 2 fully saturated rings. The molecule has 0 saturated heterocycles. The molecule has 1 heterocycles. The first-order chi connectivity index (χ1) is 17.4. The molecule has 1 aromatic heterocycles. The zero-order valence-electron chi connectivity index (χ0n) is 23.4. The van der Waals surface area contributed by atoms with E-state index in [1.54, 1.807) is 25.8 Å². The van der Waals surface area contributed by atoms with Gasteiger partial charge >= 0.3 is 0 Å². The number of hydrogen-bond donors (Lipinski definition) is 1. The van der Waals surface area contributed by atoms with Crippen LogP contribution in [0, 0.1) is 28.6 Å². The number of aliphatic hydroxyl groups excluding tert-OH is 1. The summed E-state index contributed by atoms with van der Waals surface area (Å²) in [5.74, 6) is 2.55. The second-order valence-electron chi connectivity index (χ2n) is 11.6. The molecule has 6 rings (SSSR count). The van der Waals surface area contributed by atoms with Gasteiger partial charge in [0.2, 0.25) is 0 Å². The number of aliphatic imine (C=N–C) groups is 1. The molecule has 2 aromatic rings. The van der Waals surface area contributed by atoms with Crippen LogP contribution in [0.15, 0.2) is 47.0 Å². The number of aliphatic hydroxyl groups is 1. The third-order valence-corrected chi connectivity index (χ3v) is 9.85. The van der Waals surface area contributed by atoms with Crippen molar-refractivity contribution in [1.29, 1.82) is 0 Å². The Morgan fingerprint density at radius 3 is 2.53 bits per heavy atom. The van der Waals surface area contributed by atoms with E-state index in [0.29, 0.717) is 10.8 Å². The monoisotopic (exact) mass is 489 g/mol. The van der Waals surface area contributed by atoms with Crippen molar-refractivity contribution in [2.75, 3.05) is 13.7 Å². The van der Waals surface area contributed by atoms with Crippen LogP contribution >= 0.6 is 0 Å². The summed E-state index contributed by atoms with van der Waals surface area (Å²) >= 11 is 0. The molecule has 2 saturated carbocycles. The van der Waals surface area contributed by atoms with E-state index in [2.05, 4.69) is 67.0 Å². The SMILES string of the molecule is CC=NC.CCO.Cn1nc2ccccc2c1C1=CCC2C3CC=C4CCCC[C@]4(C)C3CC[C@]12C. The Kier molecular flexibility index (Phi) is 8.24. The average Bonchev–Trinajstić information content (AvgIpc) is 3.39. The molecule has 196 valence electrons. The Balaban J connectivity index is 0.000000391. The van der Waals surface area contributed by atoms with Gasteiger partial charge in [0.05, 0.1) is 11.2 Å². The Morgan fingerprint density at radius 2 is 1.81 bits per heavy atom. The highest BCUT2D eigenvalue weighted by Gasteiger charge is 2.56. The van der Waals surface area contributed by atoms with E-state index in [-0.39, 0.29) is 6.61 Å². The summed E-state index contributed by atoms with van der Waals surface area (Å²) in [7, 11) is 3.89. The third kappa shape index (κ3) is 4.51. The highest BCUT2D eigenvalue weighted by atomic mass is 16.2. The highest BCUT2D eigenvalue weighted by molar-refractivity contribution is 5.92. The molecule has 1 aromatic carbocycles. The molecule has 0 aliphatic heterocycles. The summed E-state index contributed by atoms with van der Waals surface area (Å²) in [6, 6.07) is 8.69. The predicted molar refractivity (Wildman–Crippen MR) is 153 cm³/mol. The van der Waals surface area contributed by atoms with Crippen LogP contribution in [0.1, 0.15) is 84.8 Å². The number of hydrogen-bond acceptors (Lipinski definition) is 3. The fourth-order valence-corrected chi connectivity index (χ4v) is 8.10. The summed E-state index contributed by atoms with van der Waals surface area (Å²) in [5, 5.41) is 13.7. The summed E-state index contributed by atoms with van der Waals surface area (Å²) in [4.78, 5) is 3.61. The van der Waals surface area contributed by atoms with Crippen LogP contribution in [0.2, 0.25) is 0 Å². The van der Waals surface area contributed by atoms with E-state index in [4.69, 9.17) is 10.2 Å². The number of aromatic nitrogens is 2. The van der Waals surface area contributed by atoms with Gasteiger partial charge in [-0.25, -0.2) is 0 Å². The zero-order chi connectivity index (χ0) is 25.9. The van der Waals surface area contributed by atoms with Crippen LogP contribution in [-0.2, 0) is 7.05 Å². The van der Waals surface area contributed by atoms with Crippen LogP contribution in [0.3, 0.4) is 0 Å². The Hall–Kier alpha value is -2.20. The summed E-state index contributed by atoms with van der Waals surface area (Å²) in [6.07, 6.45) is 18.0. The highest BCUT2D eigenvalue weighted by Crippen LogP contribution is 2.66. The molecule has 4 aliphatic carbocycles. The van der Waals surface area contributed by atoms with Crippen molar-refractivity contribution in [2.24, 2.45) is 40.6 Å². The van der Waals surface area contributed by atoms with Crippen molar-refractivity contribution < 1.29 is 5.11 Å². The first-order valence-corrected chi connectivity index (χ1v) is 14.2. The number of fused-ring (bicyclic) bond motifs is 6. The molecule has 4 heteroatoms. The van der Waals surface area contributed by atoms with Crippen LogP contribution in [-0.4, -0.2) is 34.8 Å². The lowest BCUT2D eigenvalue weighted by Gasteiger charge is -2.57. The summed E-state index contributed by atoms with van der Waals surface area (Å²) in [5.41, 5.74) is 6.70. The predicted octanol–water partition coefficient (Wildman–Crippen LogP) is 7.63. The molecule has 4 nitrogen and oxygen atoms in total. The molecule has 3 unspecified atom stereocenters. The van der Waals surface area contributed by atoms with E-state index in [9.17, 15) is 0 Å². The van der Waals surface area contributed by atoms with Gasteiger partial charge in [-0.05, 0) is 105 Å². The van der Waals surface area contributed by atoms with Gasteiger partial charge in [0.15, 0.2) is 0 Å². The maximum Gasteiger partial charge on any atom is 0.0929 e. The maximum atomic E-state index is 7.57. The Labute approximate surface area is 218 Å². The number of aryl methyl sites for hydroxylation is 1. The fourth-order valence-electron chi connectivity index (χ4n) is 8.10. The maximum absolute atomic E-state index is 7.57. The van der Waals surface area contributed by atoms with E-state index in [1.807, 2.05) is 12.5 Å². The number of nitrogens with zero attached hydrogens (tertiary/aromatic N) is 3. The van der Waals surface area contributed by atoms with Crippen molar-refractivity contribution in [2.45, 2.75) is 79.1 Å². The van der Waals surface area contributed by atoms with Crippen LogP contribution < -0.4 is 0 Å². The lowest BCUT2D eigenvalue weighted by molar-refractivity contribution is -0.00991. The van der Waals surface area contributed by atoms with Gasteiger partial charge in [-0.15, -0.1) is 0 Å². The minimum atomic E-state index is 0.250. The largest absolute Gasteiger partial charge is 0.397 e. The number of rotatable bonds is 1. The lowest BCUT2D eigenvalue weighted by atomic mass is 9.47. The number of allylic oxidation sites excluding steroid dienone is 4. The van der Waals surface area contributed by atoms with Gasteiger partial charge in [-0.2, -0.15) is 5.10 Å². The molecular weight excluding hydrogens is 442 g/mol. The standard InChI is InChI=1S/C27H34N2.C3H7N.C2H6O/c1-26-16-7-6-8-18(26)11-12-19-21-13-14-23(27(21,2)17-15-22(19)26)25-20-9-4-5-10-24(20)28-29(25)3;1-3-4-2;1-2-3/h4-5,9-11,14,19,21-22H,6-8,12-13,15-17H2,1-3H3;3H,1-2H3;3H,2H2,1H3/t19?,21?,22?,26-,27-;;/m0../s1. The molecule has 5 atom stereocenters. The second-order valence-corrected chi connectivity index (χ2v) is 11.6. The average molecular weight is 490 g/mol. The third-order valence-electron chi connectivity index (χ3n) is 9.85. The minimum Gasteiger partial charge on any atom is -0.397 e. The molecular formula is C32H47N3O. The van der Waals surface area contributed by atoms with Gasteiger partial charge in [0, 0.05) is 26.1 Å². The quantitative estimate of drug-likeness (QED) is 0.331. The molecule has 36 heavy (non-hydrogen) atoms. The van der Waals surface area contributed by atoms with Gasteiger partial charge in [-0.1, -0.05) is 56.2 Å². The van der Waals surface area contributed by atoms with E-state index in [1.165, 1.54) is 62.4 Å². The fraction of sp³-hybridized carbons (Fsp3) is 0.625. The van der Waals surface area contributed by atoms with Crippen molar-refractivity contribution in [3.05, 3.63) is 47.7 Å². The van der Waals surface area contributed by atoms with Crippen LogP contribution in [0.25, 0.3) is 16.5 Å². The normalized spacial score (nSPS) is 32.8. The van der Waals surface area contributed by atoms with Crippen molar-refractivity contribution >= 4 is 22.7 Å². The van der Waals surface area contributed by atoms with Gasteiger partial charge < -0.3 is 10.1 Å². The lowest BCUT2D eigenvalue weighted by Crippen LogP contribution is -2.48. The summed E-state index contributed by atoms with van der Waals surface area (Å²) in [6.45, 7) is 9.02. The molecule has 4 aliphatic rings. The molecule has 0 spiro atoms. The van der Waals surface area contributed by atoms with Gasteiger partial charge in [-0.3, -0.25) is 4.68 Å².